The number of thiophene rings is 1. The highest BCUT2D eigenvalue weighted by atomic mass is 32.1. The van der Waals surface area contributed by atoms with E-state index in [1.54, 1.807) is 43.3 Å². The molecular formula is C30H29N3O5S. The average molecular weight is 544 g/mol. The number of pyridine rings is 1. The van der Waals surface area contributed by atoms with Gasteiger partial charge in [0, 0.05) is 40.1 Å². The van der Waals surface area contributed by atoms with Crippen LogP contribution >= 0.6 is 11.3 Å². The Morgan fingerprint density at radius 2 is 1.82 bits per heavy atom. The topological polar surface area (TPSA) is 112 Å². The number of hydrogen-bond acceptors (Lipinski definition) is 9. The van der Waals surface area contributed by atoms with Crippen molar-refractivity contribution in [1.82, 2.24) is 4.98 Å². The Labute approximate surface area is 230 Å². The molecule has 5 rings (SSSR count). The van der Waals surface area contributed by atoms with Crippen LogP contribution in [0.2, 0.25) is 0 Å². The number of Topliss-reactive ketones (excluding diaryl/α,β-unsaturated/α-hetero) is 1. The van der Waals surface area contributed by atoms with Gasteiger partial charge in [-0.15, -0.1) is 11.3 Å². The lowest BCUT2D eigenvalue weighted by molar-refractivity contribution is -0.152. The summed E-state index contributed by atoms with van der Waals surface area (Å²) in [5.74, 6) is -3.80. The van der Waals surface area contributed by atoms with Gasteiger partial charge in [0.25, 0.3) is 0 Å². The number of ether oxygens (including phenoxy) is 2. The fourth-order valence-electron chi connectivity index (χ4n) is 5.46. The zero-order chi connectivity index (χ0) is 27.5. The van der Waals surface area contributed by atoms with Crippen LogP contribution in [0.25, 0.3) is 0 Å². The summed E-state index contributed by atoms with van der Waals surface area (Å²) >= 11 is 1.49. The van der Waals surface area contributed by atoms with Crippen LogP contribution in [-0.4, -0.2) is 35.9 Å². The monoisotopic (exact) mass is 543 g/mol. The Morgan fingerprint density at radius 1 is 1.05 bits per heavy atom. The van der Waals surface area contributed by atoms with Crippen LogP contribution in [0.3, 0.4) is 0 Å². The second-order valence-corrected chi connectivity index (χ2v) is 10.2. The molecule has 0 unspecified atom stereocenters. The predicted octanol–water partition coefficient (Wildman–Crippen LogP) is 4.67. The first-order valence-electron chi connectivity index (χ1n) is 12.9. The van der Waals surface area contributed by atoms with E-state index in [2.05, 4.69) is 4.98 Å². The molecule has 1 aliphatic carbocycles. The second-order valence-electron chi connectivity index (χ2n) is 9.19. The van der Waals surface area contributed by atoms with E-state index in [0.29, 0.717) is 28.9 Å². The van der Waals surface area contributed by atoms with E-state index in [9.17, 15) is 14.4 Å². The van der Waals surface area contributed by atoms with Crippen LogP contribution in [0.4, 0.5) is 5.69 Å². The number of ketones is 1. The molecule has 9 heteroatoms. The van der Waals surface area contributed by atoms with E-state index >= 15 is 0 Å². The van der Waals surface area contributed by atoms with Crippen molar-refractivity contribution in [3.05, 3.63) is 105 Å². The number of carbonyl (C=O) groups excluding carboxylic acids is 3. The third-order valence-electron chi connectivity index (χ3n) is 7.02. The maximum Gasteiger partial charge on any atom is 0.338 e. The van der Waals surface area contributed by atoms with Crippen molar-refractivity contribution in [3.8, 4) is 0 Å². The Hall–Kier alpha value is -4.24. The van der Waals surface area contributed by atoms with Gasteiger partial charge in [-0.3, -0.25) is 19.5 Å². The molecule has 0 bridgehead atoms. The van der Waals surface area contributed by atoms with Crippen molar-refractivity contribution < 1.29 is 23.9 Å². The van der Waals surface area contributed by atoms with Crippen LogP contribution in [-0.2, 0) is 23.9 Å². The summed E-state index contributed by atoms with van der Waals surface area (Å²) in [7, 11) is 0. The number of para-hydroxylation sites is 1. The van der Waals surface area contributed by atoms with Gasteiger partial charge in [-0.25, -0.2) is 4.79 Å². The third-order valence-corrected chi connectivity index (χ3v) is 8.02. The molecular weight excluding hydrogens is 514 g/mol. The lowest BCUT2D eigenvalue weighted by atomic mass is 9.68. The van der Waals surface area contributed by atoms with E-state index in [1.165, 1.54) is 11.3 Å². The molecule has 200 valence electrons. The smallest absolute Gasteiger partial charge is 0.338 e. The Kier molecular flexibility index (Phi) is 7.60. The van der Waals surface area contributed by atoms with Crippen molar-refractivity contribution in [2.24, 2.45) is 11.7 Å². The zero-order valence-electron chi connectivity index (χ0n) is 21.7. The minimum absolute atomic E-state index is 0.131. The maximum atomic E-state index is 14.6. The minimum atomic E-state index is -1.07. The molecule has 0 spiro atoms. The van der Waals surface area contributed by atoms with Crippen molar-refractivity contribution in [2.75, 3.05) is 18.1 Å². The van der Waals surface area contributed by atoms with Crippen molar-refractivity contribution >= 4 is 34.7 Å². The number of nitrogens with zero attached hydrogens (tertiary/aromatic N) is 2. The van der Waals surface area contributed by atoms with E-state index in [0.717, 1.165) is 4.88 Å². The molecule has 3 aromatic rings. The number of nitrogens with two attached hydrogens (primary N) is 1. The largest absolute Gasteiger partial charge is 0.465 e. The number of hydrogen-bond donors (Lipinski definition) is 1. The first-order valence-corrected chi connectivity index (χ1v) is 13.7. The minimum Gasteiger partial charge on any atom is -0.465 e. The van der Waals surface area contributed by atoms with Crippen molar-refractivity contribution in [3.63, 3.8) is 0 Å². The van der Waals surface area contributed by atoms with Crippen LogP contribution in [0.1, 0.15) is 42.5 Å². The average Bonchev–Trinajstić information content (AvgIpc) is 3.48. The molecule has 0 fully saturated rings. The standard InChI is InChI=1S/C30H29N3O5S/c1-3-37-29(35)24-20(22-13-9-15-39-22)16-21-25(27(24)34)23(18-10-8-14-32-17-18)26(30(36)38-4-2)28(31)33(21)19-11-6-5-7-12-19/h5-15,17,20,23-24H,3-4,16,31H2,1-2H3/t20-,23+,24+/m0/s1. The zero-order valence-corrected chi connectivity index (χ0v) is 22.5. The SMILES string of the molecule is CCOC(=O)C1=C(N)N(c2ccccc2)C2=C(C(=O)[C@H](C(=O)OCC)[C@H](c3cccs3)C2)[C@H]1c1cccnc1. The van der Waals surface area contributed by atoms with Crippen molar-refractivity contribution in [2.45, 2.75) is 32.1 Å². The Morgan fingerprint density at radius 3 is 2.46 bits per heavy atom. The molecule has 1 aliphatic heterocycles. The molecule has 2 aromatic heterocycles. The molecule has 0 amide bonds. The summed E-state index contributed by atoms with van der Waals surface area (Å²) in [5.41, 5.74) is 9.23. The van der Waals surface area contributed by atoms with E-state index in [1.807, 2.05) is 47.8 Å². The van der Waals surface area contributed by atoms with Gasteiger partial charge in [-0.1, -0.05) is 30.3 Å². The van der Waals surface area contributed by atoms with Gasteiger partial charge in [0.1, 0.15) is 11.7 Å². The number of esters is 2. The van der Waals surface area contributed by atoms with Crippen LogP contribution in [0.15, 0.2) is 95.0 Å². The second kappa shape index (κ2) is 11.2. The molecule has 2 aliphatic rings. The molecule has 0 saturated heterocycles. The summed E-state index contributed by atoms with van der Waals surface area (Å²) in [6.07, 6.45) is 3.57. The molecule has 0 saturated carbocycles. The van der Waals surface area contributed by atoms with Crippen LogP contribution in [0, 0.1) is 5.92 Å². The van der Waals surface area contributed by atoms with E-state index in [4.69, 9.17) is 15.2 Å². The summed E-state index contributed by atoms with van der Waals surface area (Å²) in [4.78, 5) is 48.3. The number of benzene rings is 1. The van der Waals surface area contributed by atoms with Gasteiger partial charge in [0.05, 0.1) is 24.7 Å². The Balaban J connectivity index is 1.80. The molecule has 3 heterocycles. The normalized spacial score (nSPS) is 21.0. The first-order chi connectivity index (χ1) is 19.0. The first kappa shape index (κ1) is 26.4. The molecule has 3 atom stereocenters. The fraction of sp³-hybridized carbons (Fsp3) is 0.267. The maximum absolute atomic E-state index is 14.6. The highest BCUT2D eigenvalue weighted by Crippen LogP contribution is 2.51. The van der Waals surface area contributed by atoms with Gasteiger partial charge >= 0.3 is 11.9 Å². The quantitative estimate of drug-likeness (QED) is 0.338. The van der Waals surface area contributed by atoms with Crippen LogP contribution < -0.4 is 10.6 Å². The number of anilines is 1. The van der Waals surface area contributed by atoms with Gasteiger partial charge in [0.2, 0.25) is 0 Å². The Bertz CT molecular complexity index is 1430. The highest BCUT2D eigenvalue weighted by molar-refractivity contribution is 7.10. The molecule has 8 nitrogen and oxygen atoms in total. The summed E-state index contributed by atoms with van der Waals surface area (Å²) in [6, 6.07) is 16.7. The van der Waals surface area contributed by atoms with E-state index in [-0.39, 0.29) is 24.6 Å². The number of carbonyl (C=O) groups is 3. The highest BCUT2D eigenvalue weighted by Gasteiger charge is 2.51. The van der Waals surface area contributed by atoms with Gasteiger partial charge in [-0.05, 0) is 55.5 Å². The third kappa shape index (κ3) is 4.74. The van der Waals surface area contributed by atoms with Crippen molar-refractivity contribution in [1.29, 1.82) is 0 Å². The lowest BCUT2D eigenvalue weighted by Gasteiger charge is -2.43. The lowest BCUT2D eigenvalue weighted by Crippen LogP contribution is -2.46. The van der Waals surface area contributed by atoms with Crippen LogP contribution in [0.5, 0.6) is 0 Å². The molecule has 39 heavy (non-hydrogen) atoms. The van der Waals surface area contributed by atoms with Gasteiger partial charge < -0.3 is 15.2 Å². The van der Waals surface area contributed by atoms with Gasteiger partial charge in [-0.2, -0.15) is 0 Å². The van der Waals surface area contributed by atoms with E-state index < -0.39 is 35.5 Å². The molecule has 2 N–H and O–H groups in total. The summed E-state index contributed by atoms with van der Waals surface area (Å²) in [6.45, 7) is 3.71. The summed E-state index contributed by atoms with van der Waals surface area (Å²) < 4.78 is 10.9. The number of aromatic nitrogens is 1. The summed E-state index contributed by atoms with van der Waals surface area (Å²) in [5, 5.41) is 1.92. The number of allylic oxidation sites excluding steroid dienone is 2. The van der Waals surface area contributed by atoms with Gasteiger partial charge in [0.15, 0.2) is 5.78 Å². The fourth-order valence-corrected chi connectivity index (χ4v) is 6.33. The number of rotatable bonds is 7. The molecule has 0 radical (unpaired) electrons. The predicted molar refractivity (Wildman–Crippen MR) is 148 cm³/mol. The molecule has 1 aromatic carbocycles.